The highest BCUT2D eigenvalue weighted by atomic mass is 19.4. The molecule has 1 fully saturated rings. The summed E-state index contributed by atoms with van der Waals surface area (Å²) in [6.45, 7) is 0.952. The van der Waals surface area contributed by atoms with E-state index in [2.05, 4.69) is 20.3 Å². The lowest BCUT2D eigenvalue weighted by Crippen LogP contribution is -2.34. The van der Waals surface area contributed by atoms with E-state index in [4.69, 9.17) is 4.74 Å². The molecule has 1 saturated carbocycles. The molecule has 8 nitrogen and oxygen atoms in total. The number of carbonyl (C=O) groups excluding carboxylic acids is 1. The van der Waals surface area contributed by atoms with Crippen molar-refractivity contribution in [2.24, 2.45) is 5.92 Å². The van der Waals surface area contributed by atoms with Crippen LogP contribution in [0.1, 0.15) is 45.8 Å². The van der Waals surface area contributed by atoms with E-state index in [1.54, 1.807) is 10.5 Å². The number of halogens is 4. The van der Waals surface area contributed by atoms with Crippen LogP contribution in [0.25, 0.3) is 16.6 Å². The van der Waals surface area contributed by atoms with Gasteiger partial charge in [0.15, 0.2) is 5.69 Å². The summed E-state index contributed by atoms with van der Waals surface area (Å²) in [5, 5.41) is 3.15. The molecule has 3 aromatic heterocycles. The number of nitrogens with zero attached hydrogens (tertiary/aromatic N) is 5. The van der Waals surface area contributed by atoms with Crippen LogP contribution in [0.15, 0.2) is 36.8 Å². The van der Waals surface area contributed by atoms with Crippen LogP contribution >= 0.6 is 0 Å². The number of rotatable bonds is 5. The summed E-state index contributed by atoms with van der Waals surface area (Å²) >= 11 is 0. The van der Waals surface area contributed by atoms with Gasteiger partial charge >= 0.3 is 6.18 Å². The van der Waals surface area contributed by atoms with Crippen LogP contribution in [0, 0.1) is 11.7 Å². The van der Waals surface area contributed by atoms with Gasteiger partial charge in [0.2, 0.25) is 5.95 Å². The highest BCUT2D eigenvalue weighted by molar-refractivity contribution is 6.04. The molecule has 1 aliphatic carbocycles. The molecule has 0 radical (unpaired) electrons. The molecular formula is C27H22F4N6O2. The molecule has 0 atom stereocenters. The van der Waals surface area contributed by atoms with Crippen molar-refractivity contribution < 1.29 is 27.1 Å². The van der Waals surface area contributed by atoms with E-state index >= 15 is 0 Å². The number of benzene rings is 1. The average molecular weight is 539 g/mol. The molecular weight excluding hydrogens is 516 g/mol. The minimum absolute atomic E-state index is 0.0620. The number of hydrogen-bond donors (Lipinski definition) is 1. The second-order valence-electron chi connectivity index (χ2n) is 10.1. The predicted octanol–water partition coefficient (Wildman–Crippen LogP) is 4.86. The monoisotopic (exact) mass is 538 g/mol. The number of aromatic nitrogens is 4. The number of imidazole rings is 1. The average Bonchev–Trinajstić information content (AvgIpc) is 3.40. The molecule has 39 heavy (non-hydrogen) atoms. The van der Waals surface area contributed by atoms with Crippen molar-refractivity contribution in [3.8, 4) is 16.9 Å². The maximum atomic E-state index is 14.7. The highest BCUT2D eigenvalue weighted by Crippen LogP contribution is 2.38. The van der Waals surface area contributed by atoms with Gasteiger partial charge in [0.25, 0.3) is 5.91 Å². The van der Waals surface area contributed by atoms with Gasteiger partial charge in [0, 0.05) is 48.0 Å². The molecule has 0 saturated heterocycles. The van der Waals surface area contributed by atoms with E-state index in [1.807, 2.05) is 0 Å². The molecule has 1 aromatic carbocycles. The maximum Gasteiger partial charge on any atom is 0.433 e. The Morgan fingerprint density at radius 2 is 1.95 bits per heavy atom. The summed E-state index contributed by atoms with van der Waals surface area (Å²) < 4.78 is 62.4. The fourth-order valence-corrected chi connectivity index (χ4v) is 5.36. The lowest BCUT2D eigenvalue weighted by molar-refractivity contribution is -0.141. The molecule has 1 amide bonds. The number of anilines is 1. The second-order valence-corrected chi connectivity index (χ2v) is 10.1. The number of hydrogen-bond acceptors (Lipinski definition) is 6. The van der Waals surface area contributed by atoms with E-state index < -0.39 is 11.9 Å². The third kappa shape index (κ3) is 4.05. The topological polar surface area (TPSA) is 84.7 Å². The molecule has 1 N–H and O–H groups in total. The first-order chi connectivity index (χ1) is 18.8. The van der Waals surface area contributed by atoms with Crippen LogP contribution in [-0.4, -0.2) is 43.3 Å². The Bertz CT molecular complexity index is 1650. The molecule has 0 spiro atoms. The van der Waals surface area contributed by atoms with Gasteiger partial charge in [-0.2, -0.15) is 13.2 Å². The largest absolute Gasteiger partial charge is 0.493 e. The van der Waals surface area contributed by atoms with Gasteiger partial charge in [-0.3, -0.25) is 9.20 Å². The van der Waals surface area contributed by atoms with Crippen LogP contribution in [0.3, 0.4) is 0 Å². The second kappa shape index (κ2) is 8.65. The summed E-state index contributed by atoms with van der Waals surface area (Å²) in [5.74, 6) is 0.522. The summed E-state index contributed by atoms with van der Waals surface area (Å²) in [6, 6.07) is 5.29. The van der Waals surface area contributed by atoms with Crippen molar-refractivity contribution in [3.63, 3.8) is 0 Å². The molecule has 12 heteroatoms. The van der Waals surface area contributed by atoms with E-state index in [0.717, 1.165) is 24.5 Å². The standard InChI is InChI=1S/C27H22F4N6O2/c28-19-4-5-21-16(7-8-39-21)17(19)9-32-26-33-10-18-15-3-6-22(27(29,30)31)35-20(15)12-36(11-14-1-2-14)25(38)23-24(18)37(26)13-34-23/h3-6,10,13-14H,1-2,7-9,11-12H2,(H,32,33). The van der Waals surface area contributed by atoms with E-state index in [-0.39, 0.29) is 36.2 Å². The third-order valence-electron chi connectivity index (χ3n) is 7.49. The number of fused-ring (bicyclic) bond motifs is 3. The maximum absolute atomic E-state index is 14.7. The van der Waals surface area contributed by atoms with Crippen molar-refractivity contribution in [1.82, 2.24) is 24.3 Å². The Hall–Kier alpha value is -4.22. The van der Waals surface area contributed by atoms with Crippen LogP contribution < -0.4 is 10.1 Å². The normalized spacial score (nSPS) is 16.5. The number of carbonyl (C=O) groups is 1. The Balaban J connectivity index is 1.34. The molecule has 0 bridgehead atoms. The van der Waals surface area contributed by atoms with Gasteiger partial charge in [-0.1, -0.05) is 6.07 Å². The summed E-state index contributed by atoms with van der Waals surface area (Å²) in [4.78, 5) is 28.0. The fourth-order valence-electron chi connectivity index (χ4n) is 5.36. The van der Waals surface area contributed by atoms with Crippen molar-refractivity contribution in [2.75, 3.05) is 18.5 Å². The zero-order chi connectivity index (χ0) is 26.9. The first-order valence-corrected chi connectivity index (χ1v) is 12.7. The number of alkyl halides is 3. The van der Waals surface area contributed by atoms with Crippen LogP contribution in [-0.2, 0) is 25.7 Å². The van der Waals surface area contributed by atoms with Crippen molar-refractivity contribution >= 4 is 17.4 Å². The van der Waals surface area contributed by atoms with Crippen LogP contribution in [0.5, 0.6) is 5.75 Å². The molecule has 0 unspecified atom stereocenters. The van der Waals surface area contributed by atoms with E-state index in [9.17, 15) is 22.4 Å². The van der Waals surface area contributed by atoms with Gasteiger partial charge in [-0.15, -0.1) is 0 Å². The minimum Gasteiger partial charge on any atom is -0.493 e. The van der Waals surface area contributed by atoms with Gasteiger partial charge in [0.1, 0.15) is 23.6 Å². The van der Waals surface area contributed by atoms with E-state index in [0.29, 0.717) is 59.4 Å². The number of nitrogens with one attached hydrogen (secondary N) is 1. The van der Waals surface area contributed by atoms with E-state index in [1.165, 1.54) is 29.6 Å². The van der Waals surface area contributed by atoms with Crippen LogP contribution in [0.2, 0.25) is 0 Å². The van der Waals surface area contributed by atoms with Gasteiger partial charge in [-0.25, -0.2) is 19.3 Å². The number of amides is 1. The lowest BCUT2D eigenvalue weighted by atomic mass is 10.0. The fraction of sp³-hybridized carbons (Fsp3) is 0.333. The molecule has 3 aliphatic rings. The number of ether oxygens (including phenoxy) is 1. The van der Waals surface area contributed by atoms with Gasteiger partial charge in [-0.05, 0) is 37.0 Å². The predicted molar refractivity (Wildman–Crippen MR) is 132 cm³/mol. The zero-order valence-electron chi connectivity index (χ0n) is 20.6. The molecule has 4 aromatic rings. The molecule has 2 aliphatic heterocycles. The minimum atomic E-state index is -4.62. The highest BCUT2D eigenvalue weighted by Gasteiger charge is 2.36. The first-order valence-electron chi connectivity index (χ1n) is 12.7. The van der Waals surface area contributed by atoms with Gasteiger partial charge in [0.05, 0.1) is 24.4 Å². The first kappa shape index (κ1) is 23.9. The molecule has 5 heterocycles. The third-order valence-corrected chi connectivity index (χ3v) is 7.49. The smallest absolute Gasteiger partial charge is 0.433 e. The number of pyridine rings is 1. The molecule has 7 rings (SSSR count). The van der Waals surface area contributed by atoms with Crippen LogP contribution in [0.4, 0.5) is 23.5 Å². The Kier molecular flexibility index (Phi) is 5.29. The zero-order valence-corrected chi connectivity index (χ0v) is 20.6. The Labute approximate surface area is 219 Å². The molecule has 200 valence electrons. The SMILES string of the molecule is O=C1c2ncn3c(NCc4c(F)ccc5c4CCO5)ncc(c23)-c2ccc(C(F)(F)F)nc2CN1CC1CC1. The summed E-state index contributed by atoms with van der Waals surface area (Å²) in [5.41, 5.74) is 1.88. The van der Waals surface area contributed by atoms with Crippen molar-refractivity contribution in [1.29, 1.82) is 0 Å². The Morgan fingerprint density at radius 1 is 1.10 bits per heavy atom. The van der Waals surface area contributed by atoms with Crippen molar-refractivity contribution in [2.45, 2.75) is 38.5 Å². The summed E-state index contributed by atoms with van der Waals surface area (Å²) in [7, 11) is 0. The lowest BCUT2D eigenvalue weighted by Gasteiger charge is -2.26. The quantitative estimate of drug-likeness (QED) is 0.366. The summed E-state index contributed by atoms with van der Waals surface area (Å²) in [6.07, 6.45) is 0.846. The Morgan fingerprint density at radius 3 is 2.74 bits per heavy atom. The van der Waals surface area contributed by atoms with Crippen molar-refractivity contribution in [3.05, 3.63) is 70.8 Å². The van der Waals surface area contributed by atoms with Gasteiger partial charge < -0.3 is 15.0 Å².